The van der Waals surface area contributed by atoms with Gasteiger partial charge in [-0.05, 0) is 54.6 Å². The highest BCUT2D eigenvalue weighted by Gasteiger charge is 2.06. The molecule has 1 aromatic carbocycles. The Morgan fingerprint density at radius 2 is 2.09 bits per heavy atom. The third-order valence-corrected chi connectivity index (χ3v) is 4.20. The summed E-state index contributed by atoms with van der Waals surface area (Å²) in [5.74, 6) is 1.59. The minimum absolute atomic E-state index is 0.666. The third kappa shape index (κ3) is 3.07. The van der Waals surface area contributed by atoms with Crippen LogP contribution in [0.15, 0.2) is 41.1 Å². The van der Waals surface area contributed by atoms with Crippen molar-refractivity contribution in [2.24, 2.45) is 5.10 Å². The van der Waals surface area contributed by atoms with Crippen molar-refractivity contribution in [1.82, 2.24) is 9.97 Å². The van der Waals surface area contributed by atoms with Crippen LogP contribution in [-0.2, 0) is 0 Å². The Kier molecular flexibility index (Phi) is 4.29. The Morgan fingerprint density at radius 1 is 1.27 bits per heavy atom. The lowest BCUT2D eigenvalue weighted by Crippen LogP contribution is -1.95. The van der Waals surface area contributed by atoms with E-state index in [2.05, 4.69) is 25.9 Å². The highest BCUT2D eigenvalue weighted by molar-refractivity contribution is 7.18. The van der Waals surface area contributed by atoms with Gasteiger partial charge in [-0.15, -0.1) is 11.3 Å². The van der Waals surface area contributed by atoms with Gasteiger partial charge in [0.2, 0.25) is 0 Å². The molecule has 2 heterocycles. The van der Waals surface area contributed by atoms with Gasteiger partial charge in [0, 0.05) is 0 Å². The Balaban J connectivity index is 1.73. The second kappa shape index (κ2) is 6.53. The first-order valence-corrected chi connectivity index (χ1v) is 7.86. The first kappa shape index (κ1) is 14.5. The molecule has 0 bridgehead atoms. The minimum atomic E-state index is 0.666. The molecule has 6 heteroatoms. The Bertz CT molecular complexity index is 796. The van der Waals surface area contributed by atoms with Gasteiger partial charge in [-0.25, -0.2) is 9.97 Å². The molecule has 0 spiro atoms. The number of fused-ring (bicyclic) bond motifs is 1. The van der Waals surface area contributed by atoms with Gasteiger partial charge in [-0.1, -0.05) is 0 Å². The zero-order valence-corrected chi connectivity index (χ0v) is 13.2. The molecular formula is C16H16N4OS. The molecule has 3 aromatic rings. The summed E-state index contributed by atoms with van der Waals surface area (Å²) in [4.78, 5) is 8.53. The zero-order chi connectivity index (χ0) is 15.4. The summed E-state index contributed by atoms with van der Waals surface area (Å²) < 4.78 is 6.43. The first-order chi connectivity index (χ1) is 10.8. The van der Waals surface area contributed by atoms with E-state index in [0.717, 1.165) is 32.9 Å². The lowest BCUT2D eigenvalue weighted by molar-refractivity contribution is 0.340. The molecule has 2 aromatic heterocycles. The molecule has 0 aliphatic heterocycles. The van der Waals surface area contributed by atoms with E-state index in [9.17, 15) is 0 Å². The minimum Gasteiger partial charge on any atom is -0.494 e. The maximum absolute atomic E-state index is 5.41. The lowest BCUT2D eigenvalue weighted by Gasteiger charge is -2.02. The van der Waals surface area contributed by atoms with Gasteiger partial charge in [0.15, 0.2) is 5.82 Å². The number of aromatic nitrogens is 2. The molecule has 0 fully saturated rings. The van der Waals surface area contributed by atoms with E-state index >= 15 is 0 Å². The van der Waals surface area contributed by atoms with Gasteiger partial charge in [-0.2, -0.15) is 5.10 Å². The van der Waals surface area contributed by atoms with E-state index in [0.29, 0.717) is 6.61 Å². The van der Waals surface area contributed by atoms with Crippen LogP contribution < -0.4 is 10.2 Å². The third-order valence-electron chi connectivity index (χ3n) is 3.11. The molecule has 112 valence electrons. The molecule has 0 saturated carbocycles. The van der Waals surface area contributed by atoms with E-state index in [4.69, 9.17) is 4.74 Å². The standard InChI is InChI=1S/C16H16N4OS/c1-3-21-13-6-4-12(5-7-13)8-19-20-16-15-14(17-10-18-16)11(2)9-22-15/h4-10H,3H2,1-2H3,(H,17,18,20)/b19-8+. The van der Waals surface area contributed by atoms with Crippen LogP contribution in [0.4, 0.5) is 5.82 Å². The van der Waals surface area contributed by atoms with E-state index in [1.165, 1.54) is 0 Å². The summed E-state index contributed by atoms with van der Waals surface area (Å²) in [5, 5.41) is 6.32. The van der Waals surface area contributed by atoms with Crippen molar-refractivity contribution in [3.63, 3.8) is 0 Å². The Labute approximate surface area is 132 Å². The molecule has 0 aliphatic rings. The number of nitrogens with zero attached hydrogens (tertiary/aromatic N) is 3. The monoisotopic (exact) mass is 312 g/mol. The number of aryl methyl sites for hydroxylation is 1. The molecule has 1 N–H and O–H groups in total. The summed E-state index contributed by atoms with van der Waals surface area (Å²) in [6.45, 7) is 4.67. The van der Waals surface area contributed by atoms with Crippen LogP contribution in [0, 0.1) is 6.92 Å². The lowest BCUT2D eigenvalue weighted by atomic mass is 10.2. The fourth-order valence-corrected chi connectivity index (χ4v) is 2.98. The van der Waals surface area contributed by atoms with Crippen LogP contribution in [0.25, 0.3) is 10.2 Å². The maximum Gasteiger partial charge on any atom is 0.167 e. The van der Waals surface area contributed by atoms with E-state index in [-0.39, 0.29) is 0 Å². The van der Waals surface area contributed by atoms with Crippen molar-refractivity contribution in [2.75, 3.05) is 12.0 Å². The molecule has 22 heavy (non-hydrogen) atoms. The molecular weight excluding hydrogens is 296 g/mol. The van der Waals surface area contributed by atoms with Crippen molar-refractivity contribution >= 4 is 33.6 Å². The number of nitrogens with one attached hydrogen (secondary N) is 1. The second-order valence-electron chi connectivity index (χ2n) is 4.69. The van der Waals surface area contributed by atoms with Gasteiger partial charge in [0.25, 0.3) is 0 Å². The molecule has 3 rings (SSSR count). The molecule has 0 unspecified atom stereocenters. The van der Waals surface area contributed by atoms with E-state index in [1.807, 2.05) is 38.1 Å². The van der Waals surface area contributed by atoms with Gasteiger partial charge >= 0.3 is 0 Å². The number of hydrogen-bond donors (Lipinski definition) is 1. The van der Waals surface area contributed by atoms with Crippen molar-refractivity contribution in [3.8, 4) is 5.75 Å². The predicted molar refractivity (Wildman–Crippen MR) is 91.0 cm³/mol. The first-order valence-electron chi connectivity index (χ1n) is 6.98. The van der Waals surface area contributed by atoms with Crippen molar-refractivity contribution < 1.29 is 4.74 Å². The molecule has 0 aliphatic carbocycles. The van der Waals surface area contributed by atoms with Crippen LogP contribution >= 0.6 is 11.3 Å². The van der Waals surface area contributed by atoms with Gasteiger partial charge in [0.05, 0.1) is 23.0 Å². The number of ether oxygens (including phenoxy) is 1. The quantitative estimate of drug-likeness (QED) is 0.574. The predicted octanol–water partition coefficient (Wildman–Crippen LogP) is 3.84. The topological polar surface area (TPSA) is 59.4 Å². The van der Waals surface area contributed by atoms with Crippen LogP contribution in [0.2, 0.25) is 0 Å². The second-order valence-corrected chi connectivity index (χ2v) is 5.57. The highest BCUT2D eigenvalue weighted by atomic mass is 32.1. The summed E-state index contributed by atoms with van der Waals surface area (Å²) in [7, 11) is 0. The number of benzene rings is 1. The molecule has 0 amide bonds. The zero-order valence-electron chi connectivity index (χ0n) is 12.4. The number of anilines is 1. The SMILES string of the molecule is CCOc1ccc(/C=N/Nc2ncnc3c(C)csc23)cc1. The fraction of sp³-hybridized carbons (Fsp3) is 0.188. The van der Waals surface area contributed by atoms with E-state index in [1.54, 1.807) is 23.9 Å². The Morgan fingerprint density at radius 3 is 2.86 bits per heavy atom. The summed E-state index contributed by atoms with van der Waals surface area (Å²) >= 11 is 1.62. The average molecular weight is 312 g/mol. The fourth-order valence-electron chi connectivity index (χ4n) is 2.03. The molecule has 5 nitrogen and oxygen atoms in total. The summed E-state index contributed by atoms with van der Waals surface area (Å²) in [6.07, 6.45) is 3.31. The summed E-state index contributed by atoms with van der Waals surface area (Å²) in [6, 6.07) is 7.77. The molecule has 0 saturated heterocycles. The van der Waals surface area contributed by atoms with E-state index < -0.39 is 0 Å². The van der Waals surface area contributed by atoms with Crippen LogP contribution in [0.5, 0.6) is 5.75 Å². The normalized spacial score (nSPS) is 11.2. The number of hydrazone groups is 1. The van der Waals surface area contributed by atoms with Gasteiger partial charge in [0.1, 0.15) is 12.1 Å². The van der Waals surface area contributed by atoms with Crippen molar-refractivity contribution in [1.29, 1.82) is 0 Å². The highest BCUT2D eigenvalue weighted by Crippen LogP contribution is 2.28. The largest absolute Gasteiger partial charge is 0.494 e. The van der Waals surface area contributed by atoms with Crippen molar-refractivity contribution in [3.05, 3.63) is 47.1 Å². The van der Waals surface area contributed by atoms with Crippen LogP contribution in [-0.4, -0.2) is 22.8 Å². The van der Waals surface area contributed by atoms with Crippen LogP contribution in [0.3, 0.4) is 0 Å². The van der Waals surface area contributed by atoms with Crippen LogP contribution in [0.1, 0.15) is 18.1 Å². The number of rotatable bonds is 5. The number of thiophene rings is 1. The van der Waals surface area contributed by atoms with Gasteiger partial charge < -0.3 is 4.74 Å². The Hall–Kier alpha value is -2.47. The maximum atomic E-state index is 5.41. The summed E-state index contributed by atoms with van der Waals surface area (Å²) in [5.41, 5.74) is 6.10. The average Bonchev–Trinajstić information content (AvgIpc) is 2.92. The molecule has 0 radical (unpaired) electrons. The molecule has 0 atom stereocenters. The number of hydrogen-bond acceptors (Lipinski definition) is 6. The van der Waals surface area contributed by atoms with Gasteiger partial charge in [-0.3, -0.25) is 5.43 Å². The van der Waals surface area contributed by atoms with Crippen molar-refractivity contribution in [2.45, 2.75) is 13.8 Å². The smallest absolute Gasteiger partial charge is 0.167 e.